The molecular weight excluding hydrogens is 437 g/mol. The summed E-state index contributed by atoms with van der Waals surface area (Å²) in [5, 5.41) is 0. The summed E-state index contributed by atoms with van der Waals surface area (Å²) in [6, 6.07) is 0.127. The van der Waals surface area contributed by atoms with Gasteiger partial charge >= 0.3 is 29.6 Å². The molecule has 8 heteroatoms. The fraction of sp³-hybridized carbons (Fsp3) is 1.00. The zero-order valence-electron chi connectivity index (χ0n) is 21.2. The van der Waals surface area contributed by atoms with Gasteiger partial charge in [0.1, 0.15) is 0 Å². The van der Waals surface area contributed by atoms with Crippen molar-refractivity contribution in [2.45, 2.75) is 116 Å². The molecule has 0 aromatic carbocycles. The molecule has 1 saturated heterocycles. The molecule has 0 radical (unpaired) electrons. The molecule has 1 heterocycles. The van der Waals surface area contributed by atoms with E-state index < -0.39 is 10.4 Å². The zero-order chi connectivity index (χ0) is 22.8. The van der Waals surface area contributed by atoms with Crippen LogP contribution in [0.15, 0.2) is 0 Å². The Kier molecular flexibility index (Phi) is 21.6. The Morgan fingerprint density at radius 2 is 1.41 bits per heavy atom. The average Bonchev–Trinajstić information content (AvgIpc) is 2.75. The van der Waals surface area contributed by atoms with E-state index in [1.807, 2.05) is 0 Å². The molecule has 0 aromatic rings. The summed E-state index contributed by atoms with van der Waals surface area (Å²) >= 11 is 0. The molecule has 1 aliphatic rings. The minimum Gasteiger partial charge on any atom is -0.726 e. The summed E-state index contributed by atoms with van der Waals surface area (Å²) in [4.78, 5) is 2.32. The second kappa shape index (κ2) is 21.1. The van der Waals surface area contributed by atoms with E-state index >= 15 is 0 Å². The molecule has 1 rings (SSSR count). The van der Waals surface area contributed by atoms with Gasteiger partial charge in [-0.05, 0) is 13.0 Å². The Morgan fingerprint density at radius 1 is 0.906 bits per heavy atom. The summed E-state index contributed by atoms with van der Waals surface area (Å²) < 4.78 is 43.1. The second-order valence-electron chi connectivity index (χ2n) is 9.11. The minimum atomic E-state index is -4.65. The van der Waals surface area contributed by atoms with Crippen LogP contribution in [0, 0.1) is 5.92 Å². The van der Waals surface area contributed by atoms with E-state index in [1.54, 1.807) is 0 Å². The molecule has 0 N–H and O–H groups in total. The molecule has 2 atom stereocenters. The van der Waals surface area contributed by atoms with Gasteiger partial charge in [0.05, 0.1) is 19.8 Å². The monoisotopic (exact) mass is 485 g/mol. The first-order valence-corrected chi connectivity index (χ1v) is 14.2. The van der Waals surface area contributed by atoms with Crippen LogP contribution in [-0.2, 0) is 19.3 Å². The standard InChI is InChI=1S/C24H49NO5S.Na/c1-3-5-6-7-8-9-10-11-12-13-14-15-16-17-18-23(21-30-31(26,27)28)24-22-29-20-19-25(24)4-2;/h23-24H,3-22H2,1-2H3,(H,26,27,28);/q;+1/p-1. The van der Waals surface area contributed by atoms with E-state index in [4.69, 9.17) is 4.74 Å². The summed E-state index contributed by atoms with van der Waals surface area (Å²) in [6.07, 6.45) is 19.3. The van der Waals surface area contributed by atoms with Crippen LogP contribution in [0.5, 0.6) is 0 Å². The molecule has 186 valence electrons. The fourth-order valence-electron chi connectivity index (χ4n) is 4.64. The van der Waals surface area contributed by atoms with Gasteiger partial charge in [-0.15, -0.1) is 0 Å². The average molecular weight is 486 g/mol. The Morgan fingerprint density at radius 3 is 1.88 bits per heavy atom. The second-order valence-corrected chi connectivity index (χ2v) is 10.2. The summed E-state index contributed by atoms with van der Waals surface area (Å²) in [7, 11) is -4.65. The van der Waals surface area contributed by atoms with Gasteiger partial charge in [-0.25, -0.2) is 8.42 Å². The van der Waals surface area contributed by atoms with Crippen molar-refractivity contribution in [2.24, 2.45) is 5.92 Å². The Bertz CT molecular complexity index is 521. The number of hydrogen-bond donors (Lipinski definition) is 0. The molecule has 0 saturated carbocycles. The molecule has 1 aliphatic heterocycles. The molecule has 1 fully saturated rings. The smallest absolute Gasteiger partial charge is 0.726 e. The van der Waals surface area contributed by atoms with E-state index in [9.17, 15) is 13.0 Å². The van der Waals surface area contributed by atoms with Gasteiger partial charge in [0.15, 0.2) is 0 Å². The first-order valence-electron chi connectivity index (χ1n) is 12.9. The molecule has 0 aromatic heterocycles. The van der Waals surface area contributed by atoms with Crippen LogP contribution < -0.4 is 29.6 Å². The number of nitrogens with zero attached hydrogens (tertiary/aromatic N) is 1. The predicted octanol–water partition coefficient (Wildman–Crippen LogP) is 2.68. The third-order valence-electron chi connectivity index (χ3n) is 6.59. The maximum absolute atomic E-state index is 10.9. The quantitative estimate of drug-likeness (QED) is 0.114. The number of hydrogen-bond acceptors (Lipinski definition) is 6. The molecule has 0 aliphatic carbocycles. The van der Waals surface area contributed by atoms with E-state index in [1.165, 1.54) is 77.0 Å². The Labute approximate surface area is 220 Å². The van der Waals surface area contributed by atoms with E-state index in [-0.39, 0.29) is 48.1 Å². The third-order valence-corrected chi connectivity index (χ3v) is 7.01. The summed E-state index contributed by atoms with van der Waals surface area (Å²) in [5.41, 5.74) is 0. The van der Waals surface area contributed by atoms with Crippen LogP contribution in [-0.4, -0.2) is 56.8 Å². The number of likely N-dealkylation sites (N-methyl/N-ethyl adjacent to an activating group) is 1. The van der Waals surface area contributed by atoms with Crippen molar-refractivity contribution in [3.05, 3.63) is 0 Å². The van der Waals surface area contributed by atoms with Gasteiger partial charge in [0.25, 0.3) is 0 Å². The maximum Gasteiger partial charge on any atom is 1.00 e. The van der Waals surface area contributed by atoms with Crippen molar-refractivity contribution in [2.75, 3.05) is 32.9 Å². The number of morpholine rings is 1. The Balaban J connectivity index is 0.00000961. The zero-order valence-corrected chi connectivity index (χ0v) is 24.0. The number of ether oxygens (including phenoxy) is 1. The van der Waals surface area contributed by atoms with Gasteiger partial charge in [-0.3, -0.25) is 9.08 Å². The molecule has 0 amide bonds. The van der Waals surface area contributed by atoms with Crippen LogP contribution in [0.1, 0.15) is 110 Å². The molecular formula is C24H48NNaO5S. The molecule has 6 nitrogen and oxygen atoms in total. The van der Waals surface area contributed by atoms with Crippen LogP contribution >= 0.6 is 0 Å². The largest absolute Gasteiger partial charge is 1.00 e. The van der Waals surface area contributed by atoms with Gasteiger partial charge in [-0.2, -0.15) is 0 Å². The van der Waals surface area contributed by atoms with Crippen molar-refractivity contribution < 1.29 is 51.4 Å². The van der Waals surface area contributed by atoms with Crippen LogP contribution in [0.25, 0.3) is 0 Å². The molecule has 0 bridgehead atoms. The summed E-state index contributed by atoms with van der Waals surface area (Å²) in [5.74, 6) is 0.0151. The van der Waals surface area contributed by atoms with Crippen molar-refractivity contribution in [1.29, 1.82) is 0 Å². The third kappa shape index (κ3) is 17.3. The molecule has 0 spiro atoms. The number of unbranched alkanes of at least 4 members (excludes halogenated alkanes) is 13. The molecule has 32 heavy (non-hydrogen) atoms. The predicted molar refractivity (Wildman–Crippen MR) is 126 cm³/mol. The minimum absolute atomic E-state index is 0. The van der Waals surface area contributed by atoms with E-state index in [0.717, 1.165) is 32.4 Å². The first kappa shape index (κ1) is 32.8. The van der Waals surface area contributed by atoms with Gasteiger partial charge in [0.2, 0.25) is 10.4 Å². The Hall–Kier alpha value is 0.790. The van der Waals surface area contributed by atoms with Crippen LogP contribution in [0.3, 0.4) is 0 Å². The normalized spacial score (nSPS) is 18.4. The van der Waals surface area contributed by atoms with Gasteiger partial charge in [0, 0.05) is 18.5 Å². The van der Waals surface area contributed by atoms with Crippen molar-refractivity contribution in [3.8, 4) is 0 Å². The fourth-order valence-corrected chi connectivity index (χ4v) is 4.98. The first-order chi connectivity index (χ1) is 15.0. The summed E-state index contributed by atoms with van der Waals surface area (Å²) in [6.45, 7) is 7.37. The van der Waals surface area contributed by atoms with Crippen LogP contribution in [0.2, 0.25) is 0 Å². The van der Waals surface area contributed by atoms with Crippen molar-refractivity contribution in [1.82, 2.24) is 4.90 Å². The van der Waals surface area contributed by atoms with E-state index in [2.05, 4.69) is 22.9 Å². The van der Waals surface area contributed by atoms with E-state index in [0.29, 0.717) is 13.2 Å². The molecule has 2 unspecified atom stereocenters. The number of rotatable bonds is 20. The SMILES string of the molecule is CCCCCCCCCCCCCCCCC(COS(=O)(=O)[O-])C1COCCN1CC.[Na+]. The van der Waals surface area contributed by atoms with Crippen LogP contribution in [0.4, 0.5) is 0 Å². The van der Waals surface area contributed by atoms with Gasteiger partial charge in [-0.1, -0.05) is 104 Å². The van der Waals surface area contributed by atoms with Gasteiger partial charge < -0.3 is 9.29 Å². The van der Waals surface area contributed by atoms with Crippen molar-refractivity contribution >= 4 is 10.4 Å². The van der Waals surface area contributed by atoms with Crippen molar-refractivity contribution in [3.63, 3.8) is 0 Å². The topological polar surface area (TPSA) is 78.9 Å². The maximum atomic E-state index is 10.9.